The number of aromatic nitrogens is 3. The first-order valence-corrected chi connectivity index (χ1v) is 6.02. The Kier molecular flexibility index (Phi) is 3.42. The highest BCUT2D eigenvalue weighted by atomic mass is 16.3. The SMILES string of the molecule is CCCCc1cn([C@H]2NC(=O)[C@@H]2[C@@H](C)O)nn1. The van der Waals surface area contributed by atoms with Crippen molar-refractivity contribution in [3.8, 4) is 0 Å². The summed E-state index contributed by atoms with van der Waals surface area (Å²) in [6, 6.07) is 0. The van der Waals surface area contributed by atoms with Crippen LogP contribution in [0.25, 0.3) is 0 Å². The lowest BCUT2D eigenvalue weighted by atomic mass is 9.92. The van der Waals surface area contributed by atoms with Crippen LogP contribution in [0.15, 0.2) is 6.20 Å². The van der Waals surface area contributed by atoms with Gasteiger partial charge in [-0.15, -0.1) is 5.10 Å². The van der Waals surface area contributed by atoms with Gasteiger partial charge < -0.3 is 10.4 Å². The molecule has 0 spiro atoms. The minimum Gasteiger partial charge on any atom is -0.392 e. The molecule has 2 rings (SSSR count). The molecule has 17 heavy (non-hydrogen) atoms. The number of hydrogen-bond donors (Lipinski definition) is 2. The topological polar surface area (TPSA) is 80.0 Å². The van der Waals surface area contributed by atoms with E-state index in [9.17, 15) is 9.90 Å². The Morgan fingerprint density at radius 2 is 2.41 bits per heavy atom. The molecule has 1 aromatic heterocycles. The van der Waals surface area contributed by atoms with Crippen LogP contribution in [0.5, 0.6) is 0 Å². The van der Waals surface area contributed by atoms with Crippen LogP contribution in [0.4, 0.5) is 0 Å². The van der Waals surface area contributed by atoms with Crippen molar-refractivity contribution in [2.24, 2.45) is 5.92 Å². The molecule has 94 valence electrons. The largest absolute Gasteiger partial charge is 0.392 e. The normalized spacial score (nSPS) is 25.2. The average Bonchev–Trinajstić information content (AvgIpc) is 2.70. The van der Waals surface area contributed by atoms with Crippen molar-refractivity contribution in [2.45, 2.75) is 45.4 Å². The van der Waals surface area contributed by atoms with Gasteiger partial charge in [-0.1, -0.05) is 18.6 Å². The van der Waals surface area contributed by atoms with E-state index in [0.29, 0.717) is 0 Å². The van der Waals surface area contributed by atoms with Crippen LogP contribution in [-0.4, -0.2) is 32.1 Å². The number of carbonyl (C=O) groups is 1. The van der Waals surface area contributed by atoms with Crippen molar-refractivity contribution in [3.05, 3.63) is 11.9 Å². The number of aliphatic hydroxyl groups excluding tert-OH is 1. The lowest BCUT2D eigenvalue weighted by Gasteiger charge is -2.37. The summed E-state index contributed by atoms with van der Waals surface area (Å²) in [6.07, 6.45) is 4.01. The summed E-state index contributed by atoms with van der Waals surface area (Å²) in [5, 5.41) is 20.3. The summed E-state index contributed by atoms with van der Waals surface area (Å²) in [5.41, 5.74) is 0.928. The first kappa shape index (κ1) is 12.0. The number of nitrogens with one attached hydrogen (secondary N) is 1. The maximum Gasteiger partial charge on any atom is 0.231 e. The van der Waals surface area contributed by atoms with Gasteiger partial charge in [-0.25, -0.2) is 4.68 Å². The monoisotopic (exact) mass is 238 g/mol. The predicted molar refractivity (Wildman–Crippen MR) is 61.0 cm³/mol. The number of hydrogen-bond acceptors (Lipinski definition) is 4. The molecule has 6 nitrogen and oxygen atoms in total. The maximum atomic E-state index is 11.3. The van der Waals surface area contributed by atoms with Gasteiger partial charge in [0, 0.05) is 0 Å². The zero-order chi connectivity index (χ0) is 12.4. The molecule has 1 saturated heterocycles. The molecule has 0 unspecified atom stereocenters. The summed E-state index contributed by atoms with van der Waals surface area (Å²) in [7, 11) is 0. The van der Waals surface area contributed by atoms with E-state index in [0.717, 1.165) is 25.0 Å². The third kappa shape index (κ3) is 2.31. The third-order valence-electron chi connectivity index (χ3n) is 3.08. The molecule has 1 aliphatic heterocycles. The lowest BCUT2D eigenvalue weighted by molar-refractivity contribution is -0.145. The summed E-state index contributed by atoms with van der Waals surface area (Å²) in [4.78, 5) is 11.3. The summed E-state index contributed by atoms with van der Waals surface area (Å²) in [6.45, 7) is 3.74. The number of amides is 1. The zero-order valence-electron chi connectivity index (χ0n) is 10.1. The summed E-state index contributed by atoms with van der Waals surface area (Å²) < 4.78 is 1.63. The van der Waals surface area contributed by atoms with Gasteiger partial charge in [0.1, 0.15) is 12.1 Å². The van der Waals surface area contributed by atoms with Gasteiger partial charge in [0.05, 0.1) is 18.0 Å². The Labute approximate surface area is 100 Å². The van der Waals surface area contributed by atoms with Gasteiger partial charge in [0.25, 0.3) is 0 Å². The molecule has 2 N–H and O–H groups in total. The molecule has 0 aliphatic carbocycles. The van der Waals surface area contributed by atoms with E-state index in [-0.39, 0.29) is 12.1 Å². The molecule has 0 saturated carbocycles. The second kappa shape index (κ2) is 4.83. The molecule has 6 heteroatoms. The van der Waals surface area contributed by atoms with Gasteiger partial charge in [0.15, 0.2) is 0 Å². The fraction of sp³-hybridized carbons (Fsp3) is 0.727. The summed E-state index contributed by atoms with van der Waals surface area (Å²) in [5.74, 6) is -0.550. The maximum absolute atomic E-state index is 11.3. The molecule has 0 aromatic carbocycles. The van der Waals surface area contributed by atoms with Crippen LogP contribution in [0.2, 0.25) is 0 Å². The highest BCUT2D eigenvalue weighted by Crippen LogP contribution is 2.27. The molecule has 0 radical (unpaired) electrons. The molecule has 2 heterocycles. The fourth-order valence-corrected chi connectivity index (χ4v) is 2.01. The van der Waals surface area contributed by atoms with Crippen LogP contribution in [0, 0.1) is 5.92 Å². The van der Waals surface area contributed by atoms with E-state index >= 15 is 0 Å². The predicted octanol–water partition coefficient (Wildman–Crippen LogP) is 0.246. The zero-order valence-corrected chi connectivity index (χ0v) is 10.1. The van der Waals surface area contributed by atoms with Crippen molar-refractivity contribution < 1.29 is 9.90 Å². The van der Waals surface area contributed by atoms with Crippen LogP contribution >= 0.6 is 0 Å². The Morgan fingerprint density at radius 1 is 1.65 bits per heavy atom. The highest BCUT2D eigenvalue weighted by molar-refractivity contribution is 5.85. The molecule has 3 atom stereocenters. The van der Waals surface area contributed by atoms with E-state index in [4.69, 9.17) is 0 Å². The van der Waals surface area contributed by atoms with Crippen LogP contribution in [-0.2, 0) is 11.2 Å². The molecule has 1 fully saturated rings. The number of aryl methyl sites for hydroxylation is 1. The fourth-order valence-electron chi connectivity index (χ4n) is 2.01. The van der Waals surface area contributed by atoms with Crippen molar-refractivity contribution >= 4 is 5.91 Å². The minimum absolute atomic E-state index is 0.129. The summed E-state index contributed by atoms with van der Waals surface area (Å²) >= 11 is 0. The van der Waals surface area contributed by atoms with E-state index in [1.807, 2.05) is 6.20 Å². The van der Waals surface area contributed by atoms with E-state index in [1.165, 1.54) is 0 Å². The van der Waals surface area contributed by atoms with Gasteiger partial charge in [-0.2, -0.15) is 0 Å². The molecule has 1 aliphatic rings. The number of rotatable bonds is 5. The quantitative estimate of drug-likeness (QED) is 0.720. The van der Waals surface area contributed by atoms with E-state index in [1.54, 1.807) is 11.6 Å². The lowest BCUT2D eigenvalue weighted by Crippen LogP contribution is -2.58. The van der Waals surface area contributed by atoms with Crippen molar-refractivity contribution in [2.75, 3.05) is 0 Å². The third-order valence-corrected chi connectivity index (χ3v) is 3.08. The Morgan fingerprint density at radius 3 is 3.00 bits per heavy atom. The Hall–Kier alpha value is -1.43. The number of nitrogens with zero attached hydrogens (tertiary/aromatic N) is 3. The van der Waals surface area contributed by atoms with Crippen molar-refractivity contribution in [1.82, 2.24) is 20.3 Å². The van der Waals surface area contributed by atoms with Crippen molar-refractivity contribution in [3.63, 3.8) is 0 Å². The highest BCUT2D eigenvalue weighted by Gasteiger charge is 2.44. The van der Waals surface area contributed by atoms with Crippen LogP contribution in [0.1, 0.15) is 38.5 Å². The number of β-lactam (4-membered cyclic amide) rings is 1. The van der Waals surface area contributed by atoms with E-state index < -0.39 is 12.0 Å². The van der Waals surface area contributed by atoms with E-state index in [2.05, 4.69) is 22.6 Å². The molecular weight excluding hydrogens is 220 g/mol. The first-order chi connectivity index (χ1) is 8.13. The van der Waals surface area contributed by atoms with Crippen molar-refractivity contribution in [1.29, 1.82) is 0 Å². The Balaban J connectivity index is 2.03. The molecular formula is C11H18N4O2. The smallest absolute Gasteiger partial charge is 0.231 e. The first-order valence-electron chi connectivity index (χ1n) is 6.02. The second-order valence-electron chi connectivity index (χ2n) is 4.51. The molecule has 1 amide bonds. The van der Waals surface area contributed by atoms with Gasteiger partial charge >= 0.3 is 0 Å². The Bertz CT molecular complexity index is 402. The van der Waals surface area contributed by atoms with Crippen LogP contribution in [0.3, 0.4) is 0 Å². The van der Waals surface area contributed by atoms with Gasteiger partial charge in [-0.3, -0.25) is 4.79 Å². The number of aliphatic hydroxyl groups is 1. The van der Waals surface area contributed by atoms with Crippen LogP contribution < -0.4 is 5.32 Å². The standard InChI is InChI=1S/C11H18N4O2/c1-3-4-5-8-6-15(14-13-8)10-9(7(2)16)11(17)12-10/h6-7,9-10,16H,3-5H2,1-2H3,(H,12,17)/t7-,9-,10-/m1/s1. The van der Waals surface area contributed by atoms with Gasteiger partial charge in [-0.05, 0) is 19.8 Å². The molecule has 1 aromatic rings. The number of carbonyl (C=O) groups excluding carboxylic acids is 1. The number of unbranched alkanes of at least 4 members (excludes halogenated alkanes) is 1. The minimum atomic E-state index is -0.669. The average molecular weight is 238 g/mol. The second-order valence-corrected chi connectivity index (χ2v) is 4.51. The van der Waals surface area contributed by atoms with Gasteiger partial charge in [0.2, 0.25) is 5.91 Å². The molecule has 0 bridgehead atoms.